The highest BCUT2D eigenvalue weighted by Gasteiger charge is 2.13. The van der Waals surface area contributed by atoms with Gasteiger partial charge in [0, 0.05) is 5.69 Å². The number of nitrogens with one attached hydrogen (secondary N) is 2. The molecule has 1 aromatic heterocycles. The second-order valence-corrected chi connectivity index (χ2v) is 4.30. The monoisotopic (exact) mass is 290 g/mol. The molecule has 106 valence electrons. The molecule has 0 aliphatic rings. The molecule has 0 aliphatic heterocycles. The van der Waals surface area contributed by atoms with Crippen LogP contribution in [0.25, 0.3) is 11.1 Å². The average Bonchev–Trinajstić information content (AvgIpc) is 2.80. The average molecular weight is 290 g/mol. The van der Waals surface area contributed by atoms with Gasteiger partial charge in [0.2, 0.25) is 0 Å². The molecule has 1 heterocycles. The standard InChI is InChI=1S/C14H8F2N2O3/c15-7-1-3-10(16)9(5-7)13(19)17-8-2-4-12-11(6-8)18-14(20)21-12/h1-6H,(H,17,19)(H,18,20). The first-order valence-corrected chi connectivity index (χ1v) is 5.92. The van der Waals surface area contributed by atoms with Gasteiger partial charge in [-0.25, -0.2) is 13.6 Å². The second-order valence-electron chi connectivity index (χ2n) is 4.30. The van der Waals surface area contributed by atoms with Crippen molar-refractivity contribution in [2.24, 2.45) is 0 Å². The van der Waals surface area contributed by atoms with E-state index in [9.17, 15) is 18.4 Å². The van der Waals surface area contributed by atoms with Gasteiger partial charge in [-0.15, -0.1) is 0 Å². The number of aromatic amines is 1. The van der Waals surface area contributed by atoms with Gasteiger partial charge >= 0.3 is 5.76 Å². The topological polar surface area (TPSA) is 75.1 Å². The maximum atomic E-state index is 13.5. The Kier molecular flexibility index (Phi) is 3.02. The fourth-order valence-corrected chi connectivity index (χ4v) is 1.90. The number of amides is 1. The lowest BCUT2D eigenvalue weighted by Crippen LogP contribution is -2.14. The number of benzene rings is 2. The minimum Gasteiger partial charge on any atom is -0.408 e. The molecule has 3 rings (SSSR count). The number of fused-ring (bicyclic) bond motifs is 1. The first kappa shape index (κ1) is 13.0. The van der Waals surface area contributed by atoms with Crippen LogP contribution in [-0.4, -0.2) is 10.9 Å². The first-order chi connectivity index (χ1) is 10.0. The summed E-state index contributed by atoms with van der Waals surface area (Å²) in [4.78, 5) is 25.4. The molecule has 2 N–H and O–H groups in total. The summed E-state index contributed by atoms with van der Waals surface area (Å²) in [6.07, 6.45) is 0. The lowest BCUT2D eigenvalue weighted by molar-refractivity contribution is 0.102. The van der Waals surface area contributed by atoms with Crippen LogP contribution in [-0.2, 0) is 0 Å². The molecule has 5 nitrogen and oxygen atoms in total. The Morgan fingerprint density at radius 2 is 1.95 bits per heavy atom. The van der Waals surface area contributed by atoms with Gasteiger partial charge in [-0.05, 0) is 36.4 Å². The smallest absolute Gasteiger partial charge is 0.408 e. The molecule has 0 unspecified atom stereocenters. The van der Waals surface area contributed by atoms with Crippen LogP contribution in [0.5, 0.6) is 0 Å². The van der Waals surface area contributed by atoms with Crippen LogP contribution >= 0.6 is 0 Å². The van der Waals surface area contributed by atoms with Gasteiger partial charge in [0.05, 0.1) is 11.1 Å². The van der Waals surface area contributed by atoms with Gasteiger partial charge in [-0.3, -0.25) is 9.78 Å². The van der Waals surface area contributed by atoms with Crippen molar-refractivity contribution in [3.8, 4) is 0 Å². The molecular formula is C14H8F2N2O3. The summed E-state index contributed by atoms with van der Waals surface area (Å²) < 4.78 is 31.4. The number of anilines is 1. The highest BCUT2D eigenvalue weighted by atomic mass is 19.1. The molecule has 1 amide bonds. The van der Waals surface area contributed by atoms with E-state index in [-0.39, 0.29) is 0 Å². The van der Waals surface area contributed by atoms with Crippen LogP contribution < -0.4 is 11.1 Å². The van der Waals surface area contributed by atoms with Crippen molar-refractivity contribution in [1.82, 2.24) is 4.98 Å². The third-order valence-corrected chi connectivity index (χ3v) is 2.85. The molecule has 0 radical (unpaired) electrons. The van der Waals surface area contributed by atoms with Crippen molar-refractivity contribution in [3.63, 3.8) is 0 Å². The SMILES string of the molecule is O=C(Nc1ccc2oc(=O)[nH]c2c1)c1cc(F)ccc1F. The minimum atomic E-state index is -0.827. The highest BCUT2D eigenvalue weighted by Crippen LogP contribution is 2.18. The van der Waals surface area contributed by atoms with E-state index in [2.05, 4.69) is 10.3 Å². The lowest BCUT2D eigenvalue weighted by atomic mass is 10.2. The molecule has 0 saturated carbocycles. The van der Waals surface area contributed by atoms with E-state index < -0.39 is 28.9 Å². The van der Waals surface area contributed by atoms with Crippen LogP contribution in [0.15, 0.2) is 45.6 Å². The highest BCUT2D eigenvalue weighted by molar-refractivity contribution is 6.05. The predicted octanol–water partition coefficient (Wildman–Crippen LogP) is 2.65. The molecule has 2 aromatic carbocycles. The summed E-state index contributed by atoms with van der Waals surface area (Å²) >= 11 is 0. The fourth-order valence-electron chi connectivity index (χ4n) is 1.90. The molecular weight excluding hydrogens is 282 g/mol. The molecule has 0 atom stereocenters. The quantitative estimate of drug-likeness (QED) is 0.762. The summed E-state index contributed by atoms with van der Waals surface area (Å²) in [6, 6.07) is 7.02. The summed E-state index contributed by atoms with van der Waals surface area (Å²) in [7, 11) is 0. The second kappa shape index (κ2) is 4.86. The van der Waals surface area contributed by atoms with Crippen LogP contribution in [0.2, 0.25) is 0 Å². The summed E-state index contributed by atoms with van der Waals surface area (Å²) in [5.74, 6) is -2.95. The van der Waals surface area contributed by atoms with Crippen LogP contribution in [0.3, 0.4) is 0 Å². The number of carbonyl (C=O) groups is 1. The van der Waals surface area contributed by atoms with Gasteiger partial charge < -0.3 is 9.73 Å². The molecule has 7 heteroatoms. The number of halogens is 2. The minimum absolute atomic E-state index is 0.313. The predicted molar refractivity (Wildman–Crippen MR) is 71.1 cm³/mol. The van der Waals surface area contributed by atoms with Crippen LogP contribution in [0.4, 0.5) is 14.5 Å². The van der Waals surface area contributed by atoms with Crippen LogP contribution in [0, 0.1) is 11.6 Å². The molecule has 0 aliphatic carbocycles. The lowest BCUT2D eigenvalue weighted by Gasteiger charge is -2.06. The van der Waals surface area contributed by atoms with E-state index in [4.69, 9.17) is 4.42 Å². The Bertz CT molecular complexity index is 899. The van der Waals surface area contributed by atoms with Crippen LogP contribution in [0.1, 0.15) is 10.4 Å². The Labute approximate surface area is 116 Å². The van der Waals surface area contributed by atoms with Crippen molar-refractivity contribution >= 4 is 22.7 Å². The van der Waals surface area contributed by atoms with E-state index >= 15 is 0 Å². The maximum absolute atomic E-state index is 13.5. The Hall–Kier alpha value is -2.96. The zero-order valence-corrected chi connectivity index (χ0v) is 10.4. The molecule has 0 bridgehead atoms. The number of aromatic nitrogens is 1. The van der Waals surface area contributed by atoms with Gasteiger partial charge in [-0.2, -0.15) is 0 Å². The van der Waals surface area contributed by atoms with Crippen molar-refractivity contribution in [2.45, 2.75) is 0 Å². The van der Waals surface area contributed by atoms with Gasteiger partial charge in [-0.1, -0.05) is 0 Å². The summed E-state index contributed by atoms with van der Waals surface area (Å²) in [5.41, 5.74) is 0.622. The molecule has 0 saturated heterocycles. The number of H-pyrrole nitrogens is 1. The number of oxazole rings is 1. The summed E-state index contributed by atoms with van der Waals surface area (Å²) in [6.45, 7) is 0. The van der Waals surface area contributed by atoms with Gasteiger partial charge in [0.1, 0.15) is 11.6 Å². The molecule has 0 spiro atoms. The number of rotatable bonds is 2. The third-order valence-electron chi connectivity index (χ3n) is 2.85. The maximum Gasteiger partial charge on any atom is 0.417 e. The van der Waals surface area contributed by atoms with E-state index in [1.54, 1.807) is 0 Å². The van der Waals surface area contributed by atoms with Crippen molar-refractivity contribution in [3.05, 3.63) is 64.1 Å². The van der Waals surface area contributed by atoms with E-state index in [1.807, 2.05) is 0 Å². The van der Waals surface area contributed by atoms with E-state index in [0.717, 1.165) is 18.2 Å². The largest absolute Gasteiger partial charge is 0.417 e. The molecule has 3 aromatic rings. The number of hydrogen-bond acceptors (Lipinski definition) is 3. The van der Waals surface area contributed by atoms with E-state index in [0.29, 0.717) is 16.8 Å². The van der Waals surface area contributed by atoms with E-state index in [1.165, 1.54) is 18.2 Å². The van der Waals surface area contributed by atoms with Crippen molar-refractivity contribution in [1.29, 1.82) is 0 Å². The Balaban J connectivity index is 1.92. The zero-order chi connectivity index (χ0) is 15.0. The zero-order valence-electron chi connectivity index (χ0n) is 10.4. The van der Waals surface area contributed by atoms with Crippen molar-refractivity contribution in [2.75, 3.05) is 5.32 Å². The Morgan fingerprint density at radius 1 is 1.14 bits per heavy atom. The number of carbonyl (C=O) groups excluding carboxylic acids is 1. The molecule has 0 fully saturated rings. The number of hydrogen-bond donors (Lipinski definition) is 2. The first-order valence-electron chi connectivity index (χ1n) is 5.92. The Morgan fingerprint density at radius 3 is 2.76 bits per heavy atom. The third kappa shape index (κ3) is 2.53. The molecule has 21 heavy (non-hydrogen) atoms. The normalized spacial score (nSPS) is 10.8. The van der Waals surface area contributed by atoms with Gasteiger partial charge in [0.25, 0.3) is 5.91 Å². The van der Waals surface area contributed by atoms with Crippen molar-refractivity contribution < 1.29 is 18.0 Å². The van der Waals surface area contributed by atoms with Gasteiger partial charge in [0.15, 0.2) is 5.58 Å². The summed E-state index contributed by atoms with van der Waals surface area (Å²) in [5, 5.41) is 2.42. The fraction of sp³-hybridized carbons (Fsp3) is 0.